The molecule has 0 aliphatic heterocycles. The fourth-order valence-corrected chi connectivity index (χ4v) is 1.75. The van der Waals surface area contributed by atoms with Gasteiger partial charge in [0.2, 0.25) is 0 Å². The van der Waals surface area contributed by atoms with Gasteiger partial charge in [-0.15, -0.1) is 0 Å². The fourth-order valence-electron chi connectivity index (χ4n) is 0.925. The summed E-state index contributed by atoms with van der Waals surface area (Å²) in [6, 6.07) is 0. The molecule has 0 spiro atoms. The van der Waals surface area contributed by atoms with E-state index in [2.05, 4.69) is 6.92 Å². The van der Waals surface area contributed by atoms with Gasteiger partial charge >= 0.3 is 72.8 Å². The molecule has 0 rings (SSSR count). The summed E-state index contributed by atoms with van der Waals surface area (Å²) in [6.45, 7) is 2.27. The fraction of sp³-hybridized carbons (Fsp3) is 1.00. The van der Waals surface area contributed by atoms with Crippen molar-refractivity contribution in [3.63, 3.8) is 0 Å². The van der Waals surface area contributed by atoms with Gasteiger partial charge in [-0.05, 0) is 0 Å². The van der Waals surface area contributed by atoms with Crippen LogP contribution in [0.5, 0.6) is 0 Å². The Balaban J connectivity index is 2.60. The van der Waals surface area contributed by atoms with Crippen molar-refractivity contribution < 1.29 is 0 Å². The van der Waals surface area contributed by atoms with E-state index in [0.29, 0.717) is 0 Å². The predicted molar refractivity (Wildman–Crippen MR) is 46.7 cm³/mol. The zero-order valence-electron chi connectivity index (χ0n) is 6.53. The van der Waals surface area contributed by atoms with Crippen molar-refractivity contribution >= 4 is 23.0 Å². The van der Waals surface area contributed by atoms with Gasteiger partial charge in [0.15, 0.2) is 0 Å². The molecule has 0 radical (unpaired) electrons. The average Bonchev–Trinajstić information content (AvgIpc) is 1.89. The van der Waals surface area contributed by atoms with Crippen LogP contribution in [0.1, 0.15) is 45.4 Å². The Morgan fingerprint density at radius 2 is 1.44 bits per heavy atom. The molecule has 0 nitrogen and oxygen atoms in total. The van der Waals surface area contributed by atoms with Crippen molar-refractivity contribution in [3.8, 4) is 0 Å². The molecule has 0 aliphatic carbocycles. The maximum atomic E-state index is 2.27. The number of rotatable bonds is 6. The molecule has 0 unspecified atom stereocenters. The summed E-state index contributed by atoms with van der Waals surface area (Å²) in [5, 5.41) is 0. The van der Waals surface area contributed by atoms with Crippen molar-refractivity contribution in [2.24, 2.45) is 0 Å². The third-order valence-corrected chi connectivity index (χ3v) is 2.72. The van der Waals surface area contributed by atoms with Crippen LogP contribution < -0.4 is 0 Å². The van der Waals surface area contributed by atoms with Gasteiger partial charge in [-0.2, -0.15) is 0 Å². The van der Waals surface area contributed by atoms with Crippen molar-refractivity contribution in [3.05, 3.63) is 0 Å². The minimum absolute atomic E-state index is 1.38. The van der Waals surface area contributed by atoms with Crippen LogP contribution in [0.25, 0.3) is 0 Å². The topological polar surface area (TPSA) is 0 Å². The molecule has 0 saturated carbocycles. The van der Waals surface area contributed by atoms with Crippen LogP contribution in [0.2, 0.25) is 4.37 Å². The Morgan fingerprint density at radius 3 is 2.00 bits per heavy atom. The summed E-state index contributed by atoms with van der Waals surface area (Å²) < 4.78 is 1.50. The van der Waals surface area contributed by atoms with Crippen LogP contribution >= 0.6 is 0 Å². The van der Waals surface area contributed by atoms with Crippen molar-refractivity contribution in [2.75, 3.05) is 0 Å². The molecule has 0 N–H and O–H groups in total. The summed E-state index contributed by atoms with van der Waals surface area (Å²) in [5.41, 5.74) is 0. The maximum absolute atomic E-state index is 2.27. The SMILES string of the molecule is CCCCCCC[CH2][SbH2]. The van der Waals surface area contributed by atoms with Gasteiger partial charge in [-0.1, -0.05) is 0 Å². The Bertz CT molecular complexity index is 37.8. The molecular weight excluding hydrogens is 218 g/mol. The van der Waals surface area contributed by atoms with Crippen LogP contribution in [0.4, 0.5) is 0 Å². The van der Waals surface area contributed by atoms with E-state index in [-0.39, 0.29) is 0 Å². The number of hydrogen-bond donors (Lipinski definition) is 0. The second kappa shape index (κ2) is 8.82. The summed E-state index contributed by atoms with van der Waals surface area (Å²) in [6.07, 6.45) is 8.75. The first-order chi connectivity index (χ1) is 4.41. The molecule has 0 amide bonds. The van der Waals surface area contributed by atoms with Crippen LogP contribution in [-0.2, 0) is 0 Å². The van der Waals surface area contributed by atoms with Gasteiger partial charge in [0.05, 0.1) is 0 Å². The number of unbranched alkanes of at least 4 members (excludes halogenated alkanes) is 5. The van der Waals surface area contributed by atoms with E-state index in [1.54, 1.807) is 0 Å². The molecule has 0 fully saturated rings. The Morgan fingerprint density at radius 1 is 0.889 bits per heavy atom. The van der Waals surface area contributed by atoms with Crippen LogP contribution in [-0.4, -0.2) is 23.0 Å². The number of hydrogen-bond acceptors (Lipinski definition) is 0. The summed E-state index contributed by atoms with van der Waals surface area (Å²) >= 11 is 1.46. The molecule has 0 saturated heterocycles. The second-order valence-electron chi connectivity index (χ2n) is 2.56. The molecule has 1 heteroatoms. The predicted octanol–water partition coefficient (Wildman–Crippen LogP) is 2.40. The van der Waals surface area contributed by atoms with Gasteiger partial charge in [0.25, 0.3) is 0 Å². The molecule has 9 heavy (non-hydrogen) atoms. The van der Waals surface area contributed by atoms with Crippen molar-refractivity contribution in [1.82, 2.24) is 0 Å². The third-order valence-electron chi connectivity index (χ3n) is 1.56. The third kappa shape index (κ3) is 8.82. The zero-order valence-corrected chi connectivity index (χ0v) is 9.82. The molecule has 0 heterocycles. The van der Waals surface area contributed by atoms with E-state index in [0.717, 1.165) is 0 Å². The first-order valence-electron chi connectivity index (χ1n) is 4.12. The molecule has 0 atom stereocenters. The molecule has 0 aromatic heterocycles. The van der Waals surface area contributed by atoms with Crippen LogP contribution in [0.15, 0.2) is 0 Å². The first-order valence-corrected chi connectivity index (χ1v) is 6.45. The van der Waals surface area contributed by atoms with Crippen molar-refractivity contribution in [1.29, 1.82) is 0 Å². The van der Waals surface area contributed by atoms with E-state index in [1.165, 1.54) is 65.9 Å². The van der Waals surface area contributed by atoms with Crippen LogP contribution in [0.3, 0.4) is 0 Å². The van der Waals surface area contributed by atoms with Gasteiger partial charge < -0.3 is 0 Å². The van der Waals surface area contributed by atoms with Gasteiger partial charge in [-0.3, -0.25) is 0 Å². The van der Waals surface area contributed by atoms with Gasteiger partial charge in [0, 0.05) is 0 Å². The van der Waals surface area contributed by atoms with Gasteiger partial charge in [-0.25, -0.2) is 0 Å². The van der Waals surface area contributed by atoms with E-state index in [1.807, 2.05) is 0 Å². The zero-order chi connectivity index (χ0) is 6.95. The molecule has 0 aromatic carbocycles. The van der Waals surface area contributed by atoms with Crippen LogP contribution in [0, 0.1) is 0 Å². The standard InChI is InChI=1S/C8H17.Sb.2H/c1-3-5-7-8-6-4-2;;;/h1,3-8H2,2H3;;;. The van der Waals surface area contributed by atoms with Gasteiger partial charge in [0.1, 0.15) is 0 Å². The minimum atomic E-state index is 1.38. The Kier molecular flexibility index (Phi) is 9.62. The van der Waals surface area contributed by atoms with Crippen molar-refractivity contribution in [2.45, 2.75) is 49.8 Å². The van der Waals surface area contributed by atoms with E-state index in [9.17, 15) is 0 Å². The molecule has 0 bridgehead atoms. The molecular formula is C8H19Sb. The Labute approximate surface area is 72.9 Å². The molecule has 0 aliphatic rings. The normalized spacial score (nSPS) is 10.0. The summed E-state index contributed by atoms with van der Waals surface area (Å²) in [7, 11) is 0. The Hall–Kier alpha value is 0.818. The van der Waals surface area contributed by atoms with E-state index in [4.69, 9.17) is 0 Å². The molecule has 0 aromatic rings. The summed E-state index contributed by atoms with van der Waals surface area (Å²) in [5.74, 6) is 0. The average molecular weight is 237 g/mol. The van der Waals surface area contributed by atoms with E-state index >= 15 is 0 Å². The second-order valence-corrected chi connectivity index (χ2v) is 4.20. The summed E-state index contributed by atoms with van der Waals surface area (Å²) in [4.78, 5) is 0. The monoisotopic (exact) mass is 236 g/mol. The molecule has 56 valence electrons. The quantitative estimate of drug-likeness (QED) is 0.491. The van der Waals surface area contributed by atoms with E-state index < -0.39 is 0 Å². The first kappa shape index (κ1) is 9.82.